The summed E-state index contributed by atoms with van der Waals surface area (Å²) in [6, 6.07) is 0. The van der Waals surface area contributed by atoms with Gasteiger partial charge >= 0.3 is 0 Å². The van der Waals surface area contributed by atoms with E-state index in [1.54, 1.807) is 11.3 Å². The molecule has 1 aromatic heterocycles. The van der Waals surface area contributed by atoms with E-state index in [4.69, 9.17) is 11.6 Å². The summed E-state index contributed by atoms with van der Waals surface area (Å²) in [5.74, 6) is 0.590. The normalized spacial score (nSPS) is 11.3. The number of rotatable bonds is 6. The summed E-state index contributed by atoms with van der Waals surface area (Å²) < 4.78 is 0. The van der Waals surface area contributed by atoms with Crippen molar-refractivity contribution in [2.45, 2.75) is 13.3 Å². The van der Waals surface area contributed by atoms with Crippen molar-refractivity contribution in [3.05, 3.63) is 28.2 Å². The summed E-state index contributed by atoms with van der Waals surface area (Å²) in [7, 11) is 0. The number of aromatic nitrogens is 1. The van der Waals surface area contributed by atoms with Crippen molar-refractivity contribution in [3.8, 4) is 0 Å². The van der Waals surface area contributed by atoms with E-state index in [-0.39, 0.29) is 0 Å². The van der Waals surface area contributed by atoms with Crippen LogP contribution in [0.2, 0.25) is 0 Å². The van der Waals surface area contributed by atoms with E-state index in [1.807, 2.05) is 19.1 Å². The van der Waals surface area contributed by atoms with Crippen LogP contribution < -0.4 is 5.32 Å². The Morgan fingerprint density at radius 3 is 3.07 bits per heavy atom. The number of aryl methyl sites for hydroxylation is 1. The first-order valence-electron chi connectivity index (χ1n) is 4.65. The first-order chi connectivity index (χ1) is 6.83. The molecule has 0 amide bonds. The predicted molar refractivity (Wildman–Crippen MR) is 63.3 cm³/mol. The van der Waals surface area contributed by atoms with Crippen LogP contribution >= 0.6 is 22.9 Å². The number of hydrogen-bond donors (Lipinski definition) is 1. The molecule has 1 aromatic rings. The summed E-state index contributed by atoms with van der Waals surface area (Å²) in [6.07, 6.45) is 4.99. The second-order valence-electron chi connectivity index (χ2n) is 2.94. The van der Waals surface area contributed by atoms with Gasteiger partial charge in [-0.25, -0.2) is 4.98 Å². The van der Waals surface area contributed by atoms with Crippen LogP contribution in [0.1, 0.15) is 10.7 Å². The van der Waals surface area contributed by atoms with Crippen LogP contribution in [0.15, 0.2) is 17.5 Å². The number of nitrogens with one attached hydrogen (secondary N) is 1. The summed E-state index contributed by atoms with van der Waals surface area (Å²) in [5, 5.41) is 6.55. The molecule has 0 atom stereocenters. The lowest BCUT2D eigenvalue weighted by atomic mass is 10.3. The lowest BCUT2D eigenvalue weighted by molar-refractivity contribution is 0.735. The minimum absolute atomic E-state index is 0.590. The van der Waals surface area contributed by atoms with Gasteiger partial charge in [0.1, 0.15) is 0 Å². The molecule has 4 heteroatoms. The molecule has 14 heavy (non-hydrogen) atoms. The van der Waals surface area contributed by atoms with Crippen LogP contribution in [-0.4, -0.2) is 24.0 Å². The highest BCUT2D eigenvalue weighted by Crippen LogP contribution is 2.07. The topological polar surface area (TPSA) is 24.9 Å². The average molecular weight is 231 g/mol. The second kappa shape index (κ2) is 6.98. The fourth-order valence-electron chi connectivity index (χ4n) is 1.07. The van der Waals surface area contributed by atoms with E-state index < -0.39 is 0 Å². The molecule has 0 unspecified atom stereocenters. The standard InChI is InChI=1S/C10H15ClN2S/c1-9-13-10(8-14-9)4-7-12-6-3-2-5-11/h2-3,8,12H,4-7H2,1H3/b3-2+. The third-order valence-electron chi connectivity index (χ3n) is 1.74. The zero-order valence-electron chi connectivity index (χ0n) is 8.29. The number of thiazole rings is 1. The van der Waals surface area contributed by atoms with Gasteiger partial charge in [0.15, 0.2) is 0 Å². The van der Waals surface area contributed by atoms with Crippen molar-refractivity contribution < 1.29 is 0 Å². The molecule has 0 fully saturated rings. The highest BCUT2D eigenvalue weighted by Gasteiger charge is 1.96. The Hall–Kier alpha value is -0.380. The minimum Gasteiger partial charge on any atom is -0.313 e. The van der Waals surface area contributed by atoms with Crippen LogP contribution in [0.3, 0.4) is 0 Å². The average Bonchev–Trinajstić information content (AvgIpc) is 2.58. The molecule has 0 aromatic carbocycles. The van der Waals surface area contributed by atoms with Gasteiger partial charge in [0.2, 0.25) is 0 Å². The Labute approximate surface area is 94.0 Å². The lowest BCUT2D eigenvalue weighted by Gasteiger charge is -1.98. The zero-order valence-corrected chi connectivity index (χ0v) is 9.87. The third kappa shape index (κ3) is 4.74. The van der Waals surface area contributed by atoms with Gasteiger partial charge in [-0.15, -0.1) is 22.9 Å². The van der Waals surface area contributed by atoms with Crippen molar-refractivity contribution in [2.75, 3.05) is 19.0 Å². The van der Waals surface area contributed by atoms with Crippen LogP contribution in [-0.2, 0) is 6.42 Å². The molecule has 0 spiro atoms. The SMILES string of the molecule is Cc1nc(CCNC/C=C/CCl)cs1. The molecule has 0 aliphatic carbocycles. The molecule has 0 aliphatic rings. The van der Waals surface area contributed by atoms with E-state index in [2.05, 4.69) is 15.7 Å². The number of allylic oxidation sites excluding steroid dienone is 1. The molecule has 0 radical (unpaired) electrons. The van der Waals surface area contributed by atoms with E-state index in [9.17, 15) is 0 Å². The van der Waals surface area contributed by atoms with Gasteiger partial charge in [0, 0.05) is 30.8 Å². The highest BCUT2D eigenvalue weighted by atomic mass is 35.5. The third-order valence-corrected chi connectivity index (χ3v) is 2.74. The molecule has 0 aliphatic heterocycles. The zero-order chi connectivity index (χ0) is 10.2. The highest BCUT2D eigenvalue weighted by molar-refractivity contribution is 7.09. The predicted octanol–water partition coefficient (Wildman–Crippen LogP) is 2.38. The molecule has 78 valence electrons. The van der Waals surface area contributed by atoms with E-state index in [1.165, 1.54) is 5.69 Å². The smallest absolute Gasteiger partial charge is 0.0897 e. The molecule has 0 saturated carbocycles. The van der Waals surface area contributed by atoms with Gasteiger partial charge in [-0.3, -0.25) is 0 Å². The monoisotopic (exact) mass is 230 g/mol. The summed E-state index contributed by atoms with van der Waals surface area (Å²) >= 11 is 7.20. The number of alkyl halides is 1. The van der Waals surface area contributed by atoms with Crippen molar-refractivity contribution in [1.29, 1.82) is 0 Å². The molecule has 1 heterocycles. The van der Waals surface area contributed by atoms with Crippen LogP contribution in [0, 0.1) is 6.92 Å². The first kappa shape index (κ1) is 11.7. The molecule has 1 N–H and O–H groups in total. The van der Waals surface area contributed by atoms with Crippen LogP contribution in [0.5, 0.6) is 0 Å². The van der Waals surface area contributed by atoms with Gasteiger partial charge in [0.05, 0.1) is 10.7 Å². The summed E-state index contributed by atoms with van der Waals surface area (Å²) in [4.78, 5) is 4.38. The fraction of sp³-hybridized carbons (Fsp3) is 0.500. The van der Waals surface area contributed by atoms with E-state index in [0.29, 0.717) is 5.88 Å². The van der Waals surface area contributed by atoms with E-state index >= 15 is 0 Å². The maximum absolute atomic E-state index is 5.49. The quantitative estimate of drug-likeness (QED) is 0.461. The Balaban J connectivity index is 2.07. The van der Waals surface area contributed by atoms with Gasteiger partial charge < -0.3 is 5.32 Å². The molecule has 1 rings (SSSR count). The molecular formula is C10H15ClN2S. The summed E-state index contributed by atoms with van der Waals surface area (Å²) in [5.41, 5.74) is 1.18. The van der Waals surface area contributed by atoms with Gasteiger partial charge in [-0.1, -0.05) is 12.2 Å². The maximum Gasteiger partial charge on any atom is 0.0897 e. The molecule has 2 nitrogen and oxygen atoms in total. The van der Waals surface area contributed by atoms with Crippen molar-refractivity contribution in [2.24, 2.45) is 0 Å². The second-order valence-corrected chi connectivity index (χ2v) is 4.31. The Kier molecular flexibility index (Phi) is 5.83. The Morgan fingerprint density at radius 2 is 2.43 bits per heavy atom. The largest absolute Gasteiger partial charge is 0.313 e. The van der Waals surface area contributed by atoms with Crippen molar-refractivity contribution >= 4 is 22.9 Å². The fourth-order valence-corrected chi connectivity index (χ4v) is 1.84. The minimum atomic E-state index is 0.590. The van der Waals surface area contributed by atoms with Gasteiger partial charge in [0.25, 0.3) is 0 Å². The van der Waals surface area contributed by atoms with Crippen molar-refractivity contribution in [3.63, 3.8) is 0 Å². The van der Waals surface area contributed by atoms with Gasteiger partial charge in [-0.05, 0) is 6.92 Å². The van der Waals surface area contributed by atoms with Crippen molar-refractivity contribution in [1.82, 2.24) is 10.3 Å². The molecule has 0 saturated heterocycles. The van der Waals surface area contributed by atoms with Crippen LogP contribution in [0.4, 0.5) is 0 Å². The van der Waals surface area contributed by atoms with Crippen LogP contribution in [0.25, 0.3) is 0 Å². The molecule has 0 bridgehead atoms. The molecular weight excluding hydrogens is 216 g/mol. The first-order valence-corrected chi connectivity index (χ1v) is 6.07. The lowest BCUT2D eigenvalue weighted by Crippen LogP contribution is -2.17. The Morgan fingerprint density at radius 1 is 1.57 bits per heavy atom. The summed E-state index contributed by atoms with van der Waals surface area (Å²) in [6.45, 7) is 3.89. The maximum atomic E-state index is 5.49. The van der Waals surface area contributed by atoms with Gasteiger partial charge in [-0.2, -0.15) is 0 Å². The number of halogens is 1. The number of nitrogens with zero attached hydrogens (tertiary/aromatic N) is 1. The van der Waals surface area contributed by atoms with E-state index in [0.717, 1.165) is 24.5 Å². The Bertz CT molecular complexity index is 283. The number of hydrogen-bond acceptors (Lipinski definition) is 3.